The van der Waals surface area contributed by atoms with Crippen LogP contribution >= 0.6 is 11.3 Å². The lowest BCUT2D eigenvalue weighted by Gasteiger charge is -2.08. The van der Waals surface area contributed by atoms with E-state index in [0.29, 0.717) is 10.6 Å². The largest absolute Gasteiger partial charge is 0.467 e. The summed E-state index contributed by atoms with van der Waals surface area (Å²) >= 11 is 1.36. The molecule has 0 radical (unpaired) electrons. The lowest BCUT2D eigenvalue weighted by Crippen LogP contribution is -2.27. The molecule has 5 heteroatoms. The number of hydrogen-bond acceptors (Lipinski definition) is 4. The molecule has 2 heterocycles. The van der Waals surface area contributed by atoms with Crippen molar-refractivity contribution in [3.63, 3.8) is 0 Å². The first-order chi connectivity index (χ1) is 7.77. The van der Waals surface area contributed by atoms with Crippen molar-refractivity contribution in [2.75, 3.05) is 6.54 Å². The number of hydrogen-bond donors (Lipinski definition) is 2. The van der Waals surface area contributed by atoms with E-state index in [4.69, 9.17) is 4.42 Å². The highest BCUT2D eigenvalue weighted by molar-refractivity contribution is 7.12. The van der Waals surface area contributed by atoms with Gasteiger partial charge in [0.25, 0.3) is 5.91 Å². The van der Waals surface area contributed by atoms with Gasteiger partial charge in [-0.2, -0.15) is 0 Å². The zero-order valence-corrected chi connectivity index (χ0v) is 9.24. The fraction of sp³-hybridized carbons (Fsp3) is 0.182. The van der Waals surface area contributed by atoms with Gasteiger partial charge in [-0.1, -0.05) is 6.07 Å². The molecule has 4 nitrogen and oxygen atoms in total. The Labute approximate surface area is 96.5 Å². The molecule has 0 saturated carbocycles. The molecule has 84 valence electrons. The standard InChI is InChI=1S/C11H11NO3S/c13-8(9-3-1-5-15-9)7-12-11(14)10-4-2-6-16-10/h1-6,8,13H,7H2,(H,12,14). The van der Waals surface area contributed by atoms with Crippen LogP contribution in [0.4, 0.5) is 0 Å². The van der Waals surface area contributed by atoms with Crippen LogP contribution < -0.4 is 5.32 Å². The molecule has 2 aromatic heterocycles. The van der Waals surface area contributed by atoms with Crippen molar-refractivity contribution in [2.24, 2.45) is 0 Å². The molecule has 2 rings (SSSR count). The van der Waals surface area contributed by atoms with E-state index in [2.05, 4.69) is 5.32 Å². The molecule has 0 bridgehead atoms. The highest BCUT2D eigenvalue weighted by Gasteiger charge is 2.12. The predicted molar refractivity (Wildman–Crippen MR) is 60.3 cm³/mol. The maximum absolute atomic E-state index is 11.5. The molecule has 1 atom stereocenters. The first kappa shape index (κ1) is 10.9. The smallest absolute Gasteiger partial charge is 0.261 e. The van der Waals surface area contributed by atoms with Gasteiger partial charge in [0, 0.05) is 0 Å². The maximum atomic E-state index is 11.5. The number of aliphatic hydroxyl groups is 1. The summed E-state index contributed by atoms with van der Waals surface area (Å²) in [5, 5.41) is 14.1. The van der Waals surface area contributed by atoms with E-state index in [-0.39, 0.29) is 12.5 Å². The summed E-state index contributed by atoms with van der Waals surface area (Å²) in [6.45, 7) is 0.143. The number of amides is 1. The van der Waals surface area contributed by atoms with E-state index < -0.39 is 6.10 Å². The Balaban J connectivity index is 1.86. The van der Waals surface area contributed by atoms with Gasteiger partial charge in [-0.3, -0.25) is 4.79 Å². The average molecular weight is 237 g/mol. The molecule has 0 saturated heterocycles. The lowest BCUT2D eigenvalue weighted by molar-refractivity contribution is 0.0905. The van der Waals surface area contributed by atoms with Crippen LogP contribution in [0.2, 0.25) is 0 Å². The minimum atomic E-state index is -0.807. The minimum absolute atomic E-state index is 0.143. The average Bonchev–Trinajstić information content (AvgIpc) is 2.95. The Hall–Kier alpha value is -1.59. The summed E-state index contributed by atoms with van der Waals surface area (Å²) in [6.07, 6.45) is 0.679. The quantitative estimate of drug-likeness (QED) is 0.852. The third-order valence-corrected chi connectivity index (χ3v) is 2.94. The maximum Gasteiger partial charge on any atom is 0.261 e. The summed E-state index contributed by atoms with van der Waals surface area (Å²) in [6, 6.07) is 6.91. The number of aliphatic hydroxyl groups excluding tert-OH is 1. The molecule has 0 fully saturated rings. The Morgan fingerprint density at radius 2 is 2.38 bits per heavy atom. The van der Waals surface area contributed by atoms with Gasteiger partial charge < -0.3 is 14.8 Å². The predicted octanol–water partition coefficient (Wildman–Crippen LogP) is 1.80. The van der Waals surface area contributed by atoms with Crippen LogP contribution in [0.1, 0.15) is 21.5 Å². The Bertz CT molecular complexity index is 436. The van der Waals surface area contributed by atoms with Crippen LogP contribution in [-0.2, 0) is 0 Å². The van der Waals surface area contributed by atoms with E-state index in [0.717, 1.165) is 0 Å². The highest BCUT2D eigenvalue weighted by Crippen LogP contribution is 2.12. The SMILES string of the molecule is O=C(NCC(O)c1ccco1)c1cccs1. The first-order valence-corrected chi connectivity index (χ1v) is 5.68. The van der Waals surface area contributed by atoms with Gasteiger partial charge in [0.1, 0.15) is 11.9 Å². The molecule has 16 heavy (non-hydrogen) atoms. The molecular formula is C11H11NO3S. The highest BCUT2D eigenvalue weighted by atomic mass is 32.1. The summed E-state index contributed by atoms with van der Waals surface area (Å²) in [4.78, 5) is 12.2. The van der Waals surface area contributed by atoms with Crippen LogP contribution in [0.3, 0.4) is 0 Å². The summed E-state index contributed by atoms with van der Waals surface area (Å²) < 4.78 is 5.02. The van der Waals surface area contributed by atoms with Crippen LogP contribution in [0.5, 0.6) is 0 Å². The summed E-state index contributed by atoms with van der Waals surface area (Å²) in [7, 11) is 0. The fourth-order valence-electron chi connectivity index (χ4n) is 1.27. The molecule has 0 spiro atoms. The van der Waals surface area contributed by atoms with Gasteiger partial charge in [-0.05, 0) is 23.6 Å². The van der Waals surface area contributed by atoms with Crippen LogP contribution in [0.25, 0.3) is 0 Å². The zero-order chi connectivity index (χ0) is 11.4. The van der Waals surface area contributed by atoms with Gasteiger partial charge in [0.2, 0.25) is 0 Å². The monoisotopic (exact) mass is 237 g/mol. The number of thiophene rings is 1. The topological polar surface area (TPSA) is 62.5 Å². The lowest BCUT2D eigenvalue weighted by atomic mass is 10.2. The molecule has 0 aromatic carbocycles. The van der Waals surface area contributed by atoms with Crippen LogP contribution in [-0.4, -0.2) is 17.6 Å². The molecule has 0 aliphatic heterocycles. The molecule has 2 N–H and O–H groups in total. The zero-order valence-electron chi connectivity index (χ0n) is 8.42. The number of carbonyl (C=O) groups excluding carboxylic acids is 1. The van der Waals surface area contributed by atoms with Crippen molar-refractivity contribution < 1.29 is 14.3 Å². The molecule has 1 amide bonds. The van der Waals surface area contributed by atoms with Crippen molar-refractivity contribution in [1.29, 1.82) is 0 Å². The molecule has 0 aliphatic carbocycles. The third kappa shape index (κ3) is 2.50. The Kier molecular flexibility index (Phi) is 3.38. The third-order valence-electron chi connectivity index (χ3n) is 2.07. The second-order valence-corrected chi connectivity index (χ2v) is 4.17. The Morgan fingerprint density at radius 1 is 1.50 bits per heavy atom. The van der Waals surface area contributed by atoms with E-state index >= 15 is 0 Å². The normalized spacial score (nSPS) is 12.3. The van der Waals surface area contributed by atoms with Gasteiger partial charge in [0.05, 0.1) is 17.7 Å². The molecule has 0 aliphatic rings. The van der Waals surface area contributed by atoms with E-state index in [1.807, 2.05) is 11.4 Å². The van der Waals surface area contributed by atoms with Gasteiger partial charge in [-0.15, -0.1) is 11.3 Å². The number of nitrogens with one attached hydrogen (secondary N) is 1. The van der Waals surface area contributed by atoms with Crippen LogP contribution in [0.15, 0.2) is 40.3 Å². The molecule has 2 aromatic rings. The summed E-state index contributed by atoms with van der Waals surface area (Å²) in [5.41, 5.74) is 0. The summed E-state index contributed by atoms with van der Waals surface area (Å²) in [5.74, 6) is 0.270. The van der Waals surface area contributed by atoms with Crippen molar-refractivity contribution in [3.05, 3.63) is 46.5 Å². The van der Waals surface area contributed by atoms with Crippen molar-refractivity contribution in [2.45, 2.75) is 6.10 Å². The van der Waals surface area contributed by atoms with E-state index in [1.165, 1.54) is 17.6 Å². The van der Waals surface area contributed by atoms with Gasteiger partial charge in [-0.25, -0.2) is 0 Å². The number of furan rings is 1. The number of rotatable bonds is 4. The molecular weight excluding hydrogens is 226 g/mol. The second-order valence-electron chi connectivity index (χ2n) is 3.22. The number of carbonyl (C=O) groups is 1. The Morgan fingerprint density at radius 3 is 3.00 bits per heavy atom. The van der Waals surface area contributed by atoms with Crippen molar-refractivity contribution in [3.8, 4) is 0 Å². The molecule has 1 unspecified atom stereocenters. The van der Waals surface area contributed by atoms with E-state index in [1.54, 1.807) is 18.2 Å². The second kappa shape index (κ2) is 4.96. The van der Waals surface area contributed by atoms with Crippen molar-refractivity contribution in [1.82, 2.24) is 5.32 Å². The van der Waals surface area contributed by atoms with Gasteiger partial charge >= 0.3 is 0 Å². The first-order valence-electron chi connectivity index (χ1n) is 4.80. The minimum Gasteiger partial charge on any atom is -0.467 e. The van der Waals surface area contributed by atoms with Crippen molar-refractivity contribution >= 4 is 17.2 Å². The fourth-order valence-corrected chi connectivity index (χ4v) is 1.91. The van der Waals surface area contributed by atoms with Crippen LogP contribution in [0, 0.1) is 0 Å². The van der Waals surface area contributed by atoms with E-state index in [9.17, 15) is 9.90 Å². The van der Waals surface area contributed by atoms with Gasteiger partial charge in [0.15, 0.2) is 0 Å².